The molecule has 4 nitrogen and oxygen atoms in total. The third kappa shape index (κ3) is 8.69. The average molecular weight is 314 g/mol. The average Bonchev–Trinajstić information content (AvgIpc) is 2.40. The molecule has 0 aliphatic carbocycles. The summed E-state index contributed by atoms with van der Waals surface area (Å²) in [7, 11) is 0. The van der Waals surface area contributed by atoms with Crippen LogP contribution in [0.1, 0.15) is 39.5 Å². The summed E-state index contributed by atoms with van der Waals surface area (Å²) in [4.78, 5) is 14.2. The lowest BCUT2D eigenvalue weighted by Crippen LogP contribution is -2.47. The third-order valence-electron chi connectivity index (χ3n) is 3.47. The van der Waals surface area contributed by atoms with E-state index in [0.29, 0.717) is 0 Å². The second-order valence-corrected chi connectivity index (χ2v) is 4.67. The van der Waals surface area contributed by atoms with E-state index in [4.69, 9.17) is 0 Å². The van der Waals surface area contributed by atoms with Gasteiger partial charge in [-0.05, 0) is 45.4 Å². The molecule has 19 heavy (non-hydrogen) atoms. The zero-order chi connectivity index (χ0) is 12.5. The first-order chi connectivity index (χ1) is 8.27. The van der Waals surface area contributed by atoms with Crippen molar-refractivity contribution < 1.29 is 4.79 Å². The van der Waals surface area contributed by atoms with Gasteiger partial charge < -0.3 is 15.5 Å². The summed E-state index contributed by atoms with van der Waals surface area (Å²) in [6.07, 6.45) is 4.40. The minimum Gasteiger partial charge on any atom is -0.355 e. The first-order valence-electron chi connectivity index (χ1n) is 7.01. The monoisotopic (exact) mass is 313 g/mol. The first kappa shape index (κ1) is 21.3. The standard InChI is InChI=1S/C13H27N3O.2ClH/c1-3-16(4-2)11-7-10-15-13(17)12-8-5-6-9-14-12;;/h12,14H,3-11H2,1-2H3,(H,15,17);2*1H. The topological polar surface area (TPSA) is 44.4 Å². The van der Waals surface area contributed by atoms with Gasteiger partial charge in [0.1, 0.15) is 0 Å². The van der Waals surface area contributed by atoms with Gasteiger partial charge in [0.2, 0.25) is 5.91 Å². The quantitative estimate of drug-likeness (QED) is 0.705. The van der Waals surface area contributed by atoms with Crippen molar-refractivity contribution in [3.63, 3.8) is 0 Å². The largest absolute Gasteiger partial charge is 0.355 e. The minimum absolute atomic E-state index is 0. The molecule has 0 radical (unpaired) electrons. The lowest BCUT2D eigenvalue weighted by atomic mass is 10.0. The number of hydrogen-bond acceptors (Lipinski definition) is 3. The molecule has 0 bridgehead atoms. The Labute approximate surface area is 129 Å². The van der Waals surface area contributed by atoms with E-state index < -0.39 is 0 Å². The molecule has 1 heterocycles. The second kappa shape index (κ2) is 13.0. The number of rotatable bonds is 7. The van der Waals surface area contributed by atoms with E-state index in [1.165, 1.54) is 12.8 Å². The molecular weight excluding hydrogens is 285 g/mol. The maximum atomic E-state index is 11.8. The fourth-order valence-electron chi connectivity index (χ4n) is 2.25. The van der Waals surface area contributed by atoms with Gasteiger partial charge in [-0.25, -0.2) is 0 Å². The number of nitrogens with one attached hydrogen (secondary N) is 2. The molecule has 0 aromatic heterocycles. The van der Waals surface area contributed by atoms with Gasteiger partial charge >= 0.3 is 0 Å². The highest BCUT2D eigenvalue weighted by molar-refractivity contribution is 5.85. The van der Waals surface area contributed by atoms with Gasteiger partial charge in [-0.1, -0.05) is 20.3 Å². The van der Waals surface area contributed by atoms with Crippen LogP contribution in [0.3, 0.4) is 0 Å². The molecule has 1 rings (SSSR count). The molecule has 1 aliphatic heterocycles. The summed E-state index contributed by atoms with van der Waals surface area (Å²) in [6, 6.07) is 0.0530. The van der Waals surface area contributed by atoms with Crippen molar-refractivity contribution >= 4 is 30.7 Å². The van der Waals surface area contributed by atoms with Gasteiger partial charge in [0.15, 0.2) is 0 Å². The number of hydrogen-bond donors (Lipinski definition) is 2. The van der Waals surface area contributed by atoms with Gasteiger partial charge in [0.05, 0.1) is 6.04 Å². The molecule has 2 N–H and O–H groups in total. The van der Waals surface area contributed by atoms with Crippen LogP contribution in [0, 0.1) is 0 Å². The van der Waals surface area contributed by atoms with E-state index in [2.05, 4.69) is 29.4 Å². The van der Waals surface area contributed by atoms with Crippen molar-refractivity contribution in [3.05, 3.63) is 0 Å². The lowest BCUT2D eigenvalue weighted by Gasteiger charge is -2.23. The smallest absolute Gasteiger partial charge is 0.237 e. The maximum Gasteiger partial charge on any atom is 0.237 e. The van der Waals surface area contributed by atoms with Crippen LogP contribution in [-0.2, 0) is 4.79 Å². The van der Waals surface area contributed by atoms with Gasteiger partial charge in [0, 0.05) is 6.54 Å². The van der Waals surface area contributed by atoms with Crippen molar-refractivity contribution in [2.45, 2.75) is 45.6 Å². The van der Waals surface area contributed by atoms with Crippen LogP contribution >= 0.6 is 24.8 Å². The number of halogens is 2. The molecule has 1 amide bonds. The van der Waals surface area contributed by atoms with Gasteiger partial charge in [0.25, 0.3) is 0 Å². The van der Waals surface area contributed by atoms with Crippen LogP contribution in [0.2, 0.25) is 0 Å². The highest BCUT2D eigenvalue weighted by Crippen LogP contribution is 2.06. The van der Waals surface area contributed by atoms with Crippen molar-refractivity contribution in [2.75, 3.05) is 32.7 Å². The molecule has 116 valence electrons. The van der Waals surface area contributed by atoms with Crippen LogP contribution in [0.15, 0.2) is 0 Å². The van der Waals surface area contributed by atoms with Crippen LogP contribution in [0.4, 0.5) is 0 Å². The third-order valence-corrected chi connectivity index (χ3v) is 3.47. The van der Waals surface area contributed by atoms with E-state index in [0.717, 1.165) is 45.6 Å². The highest BCUT2D eigenvalue weighted by atomic mass is 35.5. The Morgan fingerprint density at radius 3 is 2.47 bits per heavy atom. The molecular formula is C13H29Cl2N3O. The molecule has 1 atom stereocenters. The summed E-state index contributed by atoms with van der Waals surface area (Å²) in [6.45, 7) is 9.39. The van der Waals surface area contributed by atoms with Gasteiger partial charge in [-0.2, -0.15) is 0 Å². The van der Waals surface area contributed by atoms with E-state index in [1.54, 1.807) is 0 Å². The summed E-state index contributed by atoms with van der Waals surface area (Å²) >= 11 is 0. The fraction of sp³-hybridized carbons (Fsp3) is 0.923. The molecule has 1 saturated heterocycles. The summed E-state index contributed by atoms with van der Waals surface area (Å²) in [5.74, 6) is 0.184. The van der Waals surface area contributed by atoms with Crippen LogP contribution < -0.4 is 10.6 Å². The van der Waals surface area contributed by atoms with Crippen LogP contribution in [0.5, 0.6) is 0 Å². The zero-order valence-electron chi connectivity index (χ0n) is 12.1. The van der Waals surface area contributed by atoms with E-state index >= 15 is 0 Å². The number of amides is 1. The second-order valence-electron chi connectivity index (χ2n) is 4.67. The van der Waals surface area contributed by atoms with Gasteiger partial charge in [-0.15, -0.1) is 24.8 Å². The highest BCUT2D eigenvalue weighted by Gasteiger charge is 2.19. The Hall–Kier alpha value is -0.0300. The Kier molecular flexibility index (Phi) is 14.5. The predicted octanol–water partition coefficient (Wildman–Crippen LogP) is 1.82. The summed E-state index contributed by atoms with van der Waals surface area (Å²) in [5.41, 5.74) is 0. The molecule has 0 aromatic carbocycles. The Bertz CT molecular complexity index is 220. The molecule has 0 spiro atoms. The normalized spacial score (nSPS) is 18.4. The van der Waals surface area contributed by atoms with Crippen molar-refractivity contribution in [1.29, 1.82) is 0 Å². The summed E-state index contributed by atoms with van der Waals surface area (Å²) < 4.78 is 0. The lowest BCUT2D eigenvalue weighted by molar-refractivity contribution is -0.123. The van der Waals surface area contributed by atoms with E-state index in [1.807, 2.05) is 0 Å². The predicted molar refractivity (Wildman–Crippen MR) is 85.6 cm³/mol. The number of carbonyl (C=O) groups excluding carboxylic acids is 1. The molecule has 6 heteroatoms. The zero-order valence-corrected chi connectivity index (χ0v) is 13.7. The van der Waals surface area contributed by atoms with E-state index in [-0.39, 0.29) is 36.8 Å². The molecule has 1 unspecified atom stereocenters. The van der Waals surface area contributed by atoms with Crippen molar-refractivity contribution in [1.82, 2.24) is 15.5 Å². The molecule has 1 aliphatic rings. The fourth-order valence-corrected chi connectivity index (χ4v) is 2.25. The number of nitrogens with zero attached hydrogens (tertiary/aromatic N) is 1. The van der Waals surface area contributed by atoms with Crippen LogP contribution in [0.25, 0.3) is 0 Å². The minimum atomic E-state index is 0. The Balaban J connectivity index is 0. The maximum absolute atomic E-state index is 11.8. The SMILES string of the molecule is CCN(CC)CCCNC(=O)C1CCCCN1.Cl.Cl. The van der Waals surface area contributed by atoms with Crippen molar-refractivity contribution in [2.24, 2.45) is 0 Å². The van der Waals surface area contributed by atoms with Crippen molar-refractivity contribution in [3.8, 4) is 0 Å². The number of carbonyl (C=O) groups is 1. The van der Waals surface area contributed by atoms with E-state index in [9.17, 15) is 4.79 Å². The summed E-state index contributed by atoms with van der Waals surface area (Å²) in [5, 5.41) is 6.30. The van der Waals surface area contributed by atoms with Crippen LogP contribution in [-0.4, -0.2) is 49.6 Å². The Morgan fingerprint density at radius 2 is 1.95 bits per heavy atom. The first-order valence-corrected chi connectivity index (χ1v) is 7.01. The molecule has 0 aromatic rings. The van der Waals surface area contributed by atoms with Gasteiger partial charge in [-0.3, -0.25) is 4.79 Å². The number of piperidine rings is 1. The molecule has 0 saturated carbocycles. The molecule has 1 fully saturated rings. The Morgan fingerprint density at radius 1 is 1.26 bits per heavy atom.